The first-order chi connectivity index (χ1) is 11.9. The van der Waals surface area contributed by atoms with Gasteiger partial charge in [0.15, 0.2) is 0 Å². The molecule has 0 aliphatic rings. The van der Waals surface area contributed by atoms with Crippen molar-refractivity contribution < 1.29 is 19.2 Å². The molecule has 2 aromatic carbocycles. The van der Waals surface area contributed by atoms with Crippen LogP contribution in [0.5, 0.6) is 0 Å². The van der Waals surface area contributed by atoms with Gasteiger partial charge in [-0.1, -0.05) is 18.2 Å². The number of nitro groups is 1. The maximum atomic E-state index is 12.0. The zero-order chi connectivity index (χ0) is 18.4. The molecule has 0 unspecified atom stereocenters. The molecule has 0 aliphatic carbocycles. The number of nitro benzene ring substituents is 1. The molecule has 0 aromatic heterocycles. The number of anilines is 1. The Hall–Kier alpha value is -3.48. The Morgan fingerprint density at radius 3 is 2.44 bits per heavy atom. The molecule has 1 amide bonds. The number of nitrogens with zero attached hydrogens (tertiary/aromatic N) is 1. The van der Waals surface area contributed by atoms with E-state index in [1.165, 1.54) is 25.3 Å². The van der Waals surface area contributed by atoms with Gasteiger partial charge in [0.1, 0.15) is 0 Å². The van der Waals surface area contributed by atoms with Crippen molar-refractivity contribution in [3.8, 4) is 0 Å². The fourth-order valence-corrected chi connectivity index (χ4v) is 2.05. The van der Waals surface area contributed by atoms with E-state index in [0.717, 1.165) is 11.1 Å². The van der Waals surface area contributed by atoms with Gasteiger partial charge in [-0.05, 0) is 36.3 Å². The second-order valence-corrected chi connectivity index (χ2v) is 5.19. The van der Waals surface area contributed by atoms with Crippen molar-refractivity contribution >= 4 is 29.3 Å². The summed E-state index contributed by atoms with van der Waals surface area (Å²) in [6.07, 6.45) is 2.88. The van der Waals surface area contributed by atoms with Crippen LogP contribution < -0.4 is 5.32 Å². The minimum atomic E-state index is -0.520. The first kappa shape index (κ1) is 17.9. The van der Waals surface area contributed by atoms with Gasteiger partial charge < -0.3 is 10.1 Å². The summed E-state index contributed by atoms with van der Waals surface area (Å²) >= 11 is 0. The van der Waals surface area contributed by atoms with Crippen LogP contribution in [-0.2, 0) is 9.53 Å². The van der Waals surface area contributed by atoms with Crippen LogP contribution in [0.2, 0.25) is 0 Å². The number of methoxy groups -OCH3 is 1. The van der Waals surface area contributed by atoms with Gasteiger partial charge in [0, 0.05) is 18.2 Å². The van der Waals surface area contributed by atoms with Gasteiger partial charge in [0.2, 0.25) is 5.91 Å². The van der Waals surface area contributed by atoms with Gasteiger partial charge in [0.25, 0.3) is 5.69 Å². The van der Waals surface area contributed by atoms with Crippen molar-refractivity contribution in [2.45, 2.75) is 6.92 Å². The van der Waals surface area contributed by atoms with E-state index < -0.39 is 16.8 Å². The maximum absolute atomic E-state index is 12.0. The molecule has 0 saturated heterocycles. The Bertz CT molecular complexity index is 841. The number of benzene rings is 2. The van der Waals surface area contributed by atoms with Crippen molar-refractivity contribution in [2.24, 2.45) is 0 Å². The highest BCUT2D eigenvalue weighted by molar-refractivity contribution is 6.02. The molecule has 0 atom stereocenters. The Labute approximate surface area is 144 Å². The number of rotatable bonds is 5. The first-order valence-corrected chi connectivity index (χ1v) is 7.33. The highest BCUT2D eigenvalue weighted by Gasteiger charge is 2.10. The third-order valence-electron chi connectivity index (χ3n) is 3.45. The molecule has 0 heterocycles. The summed E-state index contributed by atoms with van der Waals surface area (Å²) in [6.45, 7) is 1.74. The monoisotopic (exact) mass is 340 g/mol. The predicted molar refractivity (Wildman–Crippen MR) is 93.3 cm³/mol. The van der Waals surface area contributed by atoms with Crippen LogP contribution in [0, 0.1) is 17.0 Å². The number of amides is 1. The third-order valence-corrected chi connectivity index (χ3v) is 3.45. The largest absolute Gasteiger partial charge is 0.465 e. The smallest absolute Gasteiger partial charge is 0.337 e. The number of carbonyl (C=O) groups is 2. The molecule has 0 saturated carbocycles. The van der Waals surface area contributed by atoms with Crippen molar-refractivity contribution in [3.05, 3.63) is 75.3 Å². The Morgan fingerprint density at radius 1 is 1.16 bits per heavy atom. The zero-order valence-electron chi connectivity index (χ0n) is 13.7. The summed E-state index contributed by atoms with van der Waals surface area (Å²) in [5.41, 5.74) is 2.14. The molecule has 2 aromatic rings. The molecule has 7 heteroatoms. The van der Waals surface area contributed by atoms with E-state index in [4.69, 9.17) is 0 Å². The third kappa shape index (κ3) is 4.74. The van der Waals surface area contributed by atoms with Crippen LogP contribution in [-0.4, -0.2) is 23.9 Å². The molecular formula is C18H16N2O5. The lowest BCUT2D eigenvalue weighted by molar-refractivity contribution is -0.384. The molecule has 0 bridgehead atoms. The lowest BCUT2D eigenvalue weighted by Crippen LogP contribution is -2.09. The molecule has 25 heavy (non-hydrogen) atoms. The number of hydrogen-bond acceptors (Lipinski definition) is 5. The van der Waals surface area contributed by atoms with Crippen molar-refractivity contribution in [1.82, 2.24) is 0 Å². The fraction of sp³-hybridized carbons (Fsp3) is 0.111. The lowest BCUT2D eigenvalue weighted by Gasteiger charge is -2.06. The summed E-state index contributed by atoms with van der Waals surface area (Å²) in [6, 6.07) is 10.8. The average Bonchev–Trinajstić information content (AvgIpc) is 2.61. The minimum Gasteiger partial charge on any atom is -0.465 e. The number of non-ortho nitro benzene ring substituents is 1. The van der Waals surface area contributed by atoms with Crippen LogP contribution in [0.3, 0.4) is 0 Å². The molecule has 128 valence electrons. The molecule has 0 fully saturated rings. The Kier molecular flexibility index (Phi) is 5.62. The van der Waals surface area contributed by atoms with E-state index in [1.54, 1.807) is 43.3 Å². The van der Waals surface area contributed by atoms with Crippen molar-refractivity contribution in [2.75, 3.05) is 12.4 Å². The zero-order valence-corrected chi connectivity index (χ0v) is 13.7. The van der Waals surface area contributed by atoms with Gasteiger partial charge in [-0.2, -0.15) is 0 Å². The Morgan fingerprint density at radius 2 is 1.84 bits per heavy atom. The number of hydrogen-bond donors (Lipinski definition) is 1. The Balaban J connectivity index is 2.07. The predicted octanol–water partition coefficient (Wildman–Crippen LogP) is 3.34. The first-order valence-electron chi connectivity index (χ1n) is 7.33. The van der Waals surface area contributed by atoms with E-state index in [-0.39, 0.29) is 5.69 Å². The standard InChI is InChI=1S/C18H16N2O5/c1-12-3-9-15(20(23)24)11-16(12)19-17(21)10-6-13-4-7-14(8-5-13)18(22)25-2/h3-11H,1-2H3,(H,19,21)/b10-6+. The summed E-state index contributed by atoms with van der Waals surface area (Å²) in [7, 11) is 1.30. The summed E-state index contributed by atoms with van der Waals surface area (Å²) in [4.78, 5) is 33.6. The molecule has 0 aliphatic heterocycles. The van der Waals surface area contributed by atoms with Crippen LogP contribution in [0.1, 0.15) is 21.5 Å². The van der Waals surface area contributed by atoms with E-state index in [1.807, 2.05) is 0 Å². The normalized spacial score (nSPS) is 10.5. The van der Waals surface area contributed by atoms with E-state index in [0.29, 0.717) is 11.3 Å². The average molecular weight is 340 g/mol. The number of ether oxygens (including phenoxy) is 1. The van der Waals surface area contributed by atoms with Crippen LogP contribution in [0.25, 0.3) is 6.08 Å². The molecule has 7 nitrogen and oxygen atoms in total. The second-order valence-electron chi connectivity index (χ2n) is 5.19. The highest BCUT2D eigenvalue weighted by Crippen LogP contribution is 2.21. The van der Waals surface area contributed by atoms with Gasteiger partial charge in [-0.3, -0.25) is 14.9 Å². The summed E-state index contributed by atoms with van der Waals surface area (Å²) < 4.78 is 4.61. The number of nitrogens with one attached hydrogen (secondary N) is 1. The van der Waals surface area contributed by atoms with Crippen LogP contribution >= 0.6 is 0 Å². The summed E-state index contributed by atoms with van der Waals surface area (Å²) in [5, 5.41) is 13.4. The van der Waals surface area contributed by atoms with Crippen molar-refractivity contribution in [3.63, 3.8) is 0 Å². The van der Waals surface area contributed by atoms with Gasteiger partial charge in [0.05, 0.1) is 23.3 Å². The SMILES string of the molecule is COC(=O)c1ccc(/C=C/C(=O)Nc2cc([N+](=O)[O-])ccc2C)cc1. The molecular weight excluding hydrogens is 324 g/mol. The van der Waals surface area contributed by atoms with E-state index >= 15 is 0 Å². The molecule has 2 rings (SSSR count). The van der Waals surface area contributed by atoms with Gasteiger partial charge in [-0.15, -0.1) is 0 Å². The quantitative estimate of drug-likeness (QED) is 0.389. The van der Waals surface area contributed by atoms with Crippen LogP contribution in [0.15, 0.2) is 48.5 Å². The maximum Gasteiger partial charge on any atom is 0.337 e. The number of carbonyl (C=O) groups excluding carboxylic acids is 2. The molecule has 0 radical (unpaired) electrons. The lowest BCUT2D eigenvalue weighted by atomic mass is 10.1. The second kappa shape index (κ2) is 7.87. The van der Waals surface area contributed by atoms with Crippen molar-refractivity contribution in [1.29, 1.82) is 0 Å². The highest BCUT2D eigenvalue weighted by atomic mass is 16.6. The van der Waals surface area contributed by atoms with Gasteiger partial charge in [-0.25, -0.2) is 4.79 Å². The van der Waals surface area contributed by atoms with Crippen LogP contribution in [0.4, 0.5) is 11.4 Å². The minimum absolute atomic E-state index is 0.0942. The topological polar surface area (TPSA) is 98.5 Å². The summed E-state index contributed by atoms with van der Waals surface area (Å²) in [5.74, 6) is -0.852. The van der Waals surface area contributed by atoms with E-state index in [2.05, 4.69) is 10.1 Å². The number of esters is 1. The van der Waals surface area contributed by atoms with Gasteiger partial charge >= 0.3 is 5.97 Å². The van der Waals surface area contributed by atoms with E-state index in [9.17, 15) is 19.7 Å². The number of aryl methyl sites for hydroxylation is 1. The fourth-order valence-electron chi connectivity index (χ4n) is 2.05. The molecule has 1 N–H and O–H groups in total. The molecule has 0 spiro atoms.